The van der Waals surface area contributed by atoms with E-state index in [1.807, 2.05) is 13.0 Å². The Hall–Kier alpha value is -1.64. The summed E-state index contributed by atoms with van der Waals surface area (Å²) in [6, 6.07) is 8.47. The summed E-state index contributed by atoms with van der Waals surface area (Å²) in [5, 5.41) is 0. The van der Waals surface area contributed by atoms with Gasteiger partial charge in [0.25, 0.3) is 0 Å². The van der Waals surface area contributed by atoms with E-state index < -0.39 is 10.0 Å². The highest BCUT2D eigenvalue weighted by molar-refractivity contribution is 9.10. The van der Waals surface area contributed by atoms with Gasteiger partial charge in [-0.15, -0.1) is 0 Å². The van der Waals surface area contributed by atoms with Gasteiger partial charge in [-0.05, 0) is 58.7 Å². The van der Waals surface area contributed by atoms with Crippen molar-refractivity contribution < 1.29 is 17.9 Å². The number of aromatic nitrogens is 1. The molecule has 0 N–H and O–H groups in total. The summed E-state index contributed by atoms with van der Waals surface area (Å²) in [6.07, 6.45) is 1.43. The van der Waals surface area contributed by atoms with Crippen molar-refractivity contribution in [2.75, 3.05) is 20.2 Å². The molecule has 1 aliphatic heterocycles. The molecule has 0 radical (unpaired) electrons. The van der Waals surface area contributed by atoms with Crippen molar-refractivity contribution in [1.29, 1.82) is 0 Å². The Morgan fingerprint density at radius 1 is 1.29 bits per heavy atom. The molecule has 24 heavy (non-hydrogen) atoms. The molecule has 0 atom stereocenters. The van der Waals surface area contributed by atoms with E-state index in [1.165, 1.54) is 4.31 Å². The predicted octanol–water partition coefficient (Wildman–Crippen LogP) is 2.61. The largest absolute Gasteiger partial charge is 0.496 e. The minimum absolute atomic E-state index is 0.203. The van der Waals surface area contributed by atoms with Gasteiger partial charge in [-0.2, -0.15) is 4.31 Å². The maximum absolute atomic E-state index is 12.6. The summed E-state index contributed by atoms with van der Waals surface area (Å²) < 4.78 is 38.3. The predicted molar refractivity (Wildman–Crippen MR) is 92.8 cm³/mol. The number of aryl methyl sites for hydroxylation is 1. The van der Waals surface area contributed by atoms with Gasteiger partial charge in [-0.1, -0.05) is 0 Å². The molecule has 128 valence electrons. The summed E-state index contributed by atoms with van der Waals surface area (Å²) in [6.45, 7) is 2.42. The van der Waals surface area contributed by atoms with E-state index in [-0.39, 0.29) is 11.0 Å². The van der Waals surface area contributed by atoms with Gasteiger partial charge >= 0.3 is 0 Å². The third-order valence-electron chi connectivity index (χ3n) is 3.82. The van der Waals surface area contributed by atoms with Crippen LogP contribution in [-0.2, 0) is 10.0 Å². The second-order valence-electron chi connectivity index (χ2n) is 5.48. The van der Waals surface area contributed by atoms with Crippen LogP contribution in [0.2, 0.25) is 0 Å². The summed E-state index contributed by atoms with van der Waals surface area (Å²) in [4.78, 5) is 4.39. The lowest BCUT2D eigenvalue weighted by Crippen LogP contribution is -2.56. The fraction of sp³-hybridized carbons (Fsp3) is 0.312. The number of methoxy groups -OCH3 is 1. The SMILES string of the molecule is COc1ccc(S(=O)(=O)N2CC(Oc3ncccc3Br)C2)cc1C. The van der Waals surface area contributed by atoms with E-state index in [0.29, 0.717) is 24.7 Å². The molecule has 6 nitrogen and oxygen atoms in total. The molecular formula is C16H17BrN2O4S. The molecule has 0 spiro atoms. The number of ether oxygens (including phenoxy) is 2. The average Bonchev–Trinajstić information content (AvgIpc) is 2.51. The lowest BCUT2D eigenvalue weighted by Gasteiger charge is -2.37. The Bertz CT molecular complexity index is 851. The molecule has 8 heteroatoms. The molecule has 0 bridgehead atoms. The lowest BCUT2D eigenvalue weighted by molar-refractivity contribution is 0.0713. The van der Waals surface area contributed by atoms with E-state index in [4.69, 9.17) is 9.47 Å². The molecule has 1 saturated heterocycles. The number of rotatable bonds is 5. The summed E-state index contributed by atoms with van der Waals surface area (Å²) >= 11 is 3.36. The Morgan fingerprint density at radius 2 is 2.04 bits per heavy atom. The highest BCUT2D eigenvalue weighted by atomic mass is 79.9. The molecule has 3 rings (SSSR count). The molecule has 0 unspecified atom stereocenters. The number of sulfonamides is 1. The molecule has 1 aliphatic rings. The smallest absolute Gasteiger partial charge is 0.243 e. The van der Waals surface area contributed by atoms with Gasteiger partial charge in [0.15, 0.2) is 0 Å². The number of hydrogen-bond donors (Lipinski definition) is 0. The third kappa shape index (κ3) is 3.26. The van der Waals surface area contributed by atoms with Crippen LogP contribution in [0.25, 0.3) is 0 Å². The Morgan fingerprint density at radius 3 is 2.67 bits per heavy atom. The summed E-state index contributed by atoms with van der Waals surface area (Å²) in [5.74, 6) is 1.14. The second kappa shape index (κ2) is 6.70. The molecule has 1 aromatic carbocycles. The number of pyridine rings is 1. The van der Waals surface area contributed by atoms with Crippen molar-refractivity contribution in [1.82, 2.24) is 9.29 Å². The van der Waals surface area contributed by atoms with Crippen molar-refractivity contribution in [3.8, 4) is 11.6 Å². The van der Waals surface area contributed by atoms with Crippen molar-refractivity contribution in [2.45, 2.75) is 17.9 Å². The van der Waals surface area contributed by atoms with Crippen molar-refractivity contribution in [2.24, 2.45) is 0 Å². The zero-order valence-electron chi connectivity index (χ0n) is 13.3. The number of hydrogen-bond acceptors (Lipinski definition) is 5. The normalized spacial score (nSPS) is 15.8. The van der Waals surface area contributed by atoms with Crippen LogP contribution in [0.1, 0.15) is 5.56 Å². The van der Waals surface area contributed by atoms with Crippen LogP contribution in [-0.4, -0.2) is 44.0 Å². The molecule has 1 aromatic heterocycles. The van der Waals surface area contributed by atoms with Gasteiger partial charge < -0.3 is 9.47 Å². The van der Waals surface area contributed by atoms with E-state index in [9.17, 15) is 8.42 Å². The first-order chi connectivity index (χ1) is 11.4. The van der Waals surface area contributed by atoms with E-state index in [0.717, 1.165) is 10.0 Å². The quantitative estimate of drug-likeness (QED) is 0.754. The minimum atomic E-state index is -3.52. The monoisotopic (exact) mass is 412 g/mol. The Kier molecular flexibility index (Phi) is 4.80. The molecule has 0 amide bonds. The Labute approximate surface area is 149 Å². The highest BCUT2D eigenvalue weighted by Crippen LogP contribution is 2.29. The van der Waals surface area contributed by atoms with Gasteiger partial charge in [0.05, 0.1) is 29.6 Å². The van der Waals surface area contributed by atoms with Gasteiger partial charge in [-0.25, -0.2) is 13.4 Å². The van der Waals surface area contributed by atoms with Crippen LogP contribution in [0.15, 0.2) is 45.9 Å². The van der Waals surface area contributed by atoms with Crippen LogP contribution < -0.4 is 9.47 Å². The maximum atomic E-state index is 12.6. The second-order valence-corrected chi connectivity index (χ2v) is 8.28. The molecular weight excluding hydrogens is 396 g/mol. The van der Waals surface area contributed by atoms with Crippen LogP contribution in [0.4, 0.5) is 0 Å². The summed E-state index contributed by atoms with van der Waals surface area (Å²) in [5.41, 5.74) is 0.782. The van der Waals surface area contributed by atoms with Gasteiger partial charge in [0.2, 0.25) is 15.9 Å². The maximum Gasteiger partial charge on any atom is 0.243 e. The number of halogens is 1. The topological polar surface area (TPSA) is 68.7 Å². The van der Waals surface area contributed by atoms with Crippen LogP contribution in [0.3, 0.4) is 0 Å². The highest BCUT2D eigenvalue weighted by Gasteiger charge is 2.38. The van der Waals surface area contributed by atoms with Gasteiger partial charge in [-0.3, -0.25) is 0 Å². The first-order valence-electron chi connectivity index (χ1n) is 7.34. The third-order valence-corrected chi connectivity index (χ3v) is 6.25. The fourth-order valence-corrected chi connectivity index (χ4v) is 4.39. The number of benzene rings is 1. The molecule has 0 aliphatic carbocycles. The average molecular weight is 413 g/mol. The van der Waals surface area contributed by atoms with E-state index >= 15 is 0 Å². The van der Waals surface area contributed by atoms with Gasteiger partial charge in [0.1, 0.15) is 11.9 Å². The fourth-order valence-electron chi connectivity index (χ4n) is 2.45. The van der Waals surface area contributed by atoms with E-state index in [2.05, 4.69) is 20.9 Å². The molecule has 2 aromatic rings. The van der Waals surface area contributed by atoms with Crippen molar-refractivity contribution in [3.05, 3.63) is 46.6 Å². The molecule has 1 fully saturated rings. The van der Waals surface area contributed by atoms with Gasteiger partial charge in [0, 0.05) is 6.20 Å². The standard InChI is InChI=1S/C16H17BrN2O4S/c1-11-8-13(5-6-15(11)22-2)24(20,21)19-9-12(10-19)23-16-14(17)4-3-7-18-16/h3-8,12H,9-10H2,1-2H3. The van der Waals surface area contributed by atoms with Crippen molar-refractivity contribution in [3.63, 3.8) is 0 Å². The molecule has 2 heterocycles. The first-order valence-corrected chi connectivity index (χ1v) is 9.57. The zero-order valence-corrected chi connectivity index (χ0v) is 15.7. The van der Waals surface area contributed by atoms with Crippen LogP contribution in [0, 0.1) is 6.92 Å². The summed E-state index contributed by atoms with van der Waals surface area (Å²) in [7, 11) is -1.96. The lowest BCUT2D eigenvalue weighted by atomic mass is 10.2. The molecule has 0 saturated carbocycles. The first kappa shape index (κ1) is 17.2. The zero-order chi connectivity index (χ0) is 17.3. The minimum Gasteiger partial charge on any atom is -0.496 e. The number of nitrogens with zero attached hydrogens (tertiary/aromatic N) is 2. The van der Waals surface area contributed by atoms with Crippen LogP contribution >= 0.6 is 15.9 Å². The van der Waals surface area contributed by atoms with Crippen molar-refractivity contribution >= 4 is 26.0 Å². The van der Waals surface area contributed by atoms with Crippen LogP contribution in [0.5, 0.6) is 11.6 Å². The van der Waals surface area contributed by atoms with E-state index in [1.54, 1.807) is 37.6 Å². The Balaban J connectivity index is 1.68.